The van der Waals surface area contributed by atoms with Gasteiger partial charge in [0.15, 0.2) is 0 Å². The molecule has 0 aromatic heterocycles. The highest BCUT2D eigenvalue weighted by atomic mass is 32.2. The lowest BCUT2D eigenvalue weighted by molar-refractivity contribution is -0.121. The third-order valence-corrected chi connectivity index (χ3v) is 4.66. The van der Waals surface area contributed by atoms with Crippen LogP contribution in [-0.2, 0) is 4.79 Å². The first-order chi connectivity index (χ1) is 6.61. The maximum atomic E-state index is 11.5. The van der Waals surface area contributed by atoms with E-state index in [1.54, 1.807) is 0 Å². The number of hydrogen-bond acceptors (Lipinski definition) is 3. The molecule has 1 aliphatic heterocycles. The summed E-state index contributed by atoms with van der Waals surface area (Å²) in [6.45, 7) is 4.84. The molecule has 0 aromatic carbocycles. The molecule has 1 fully saturated rings. The molecule has 82 valence electrons. The summed E-state index contributed by atoms with van der Waals surface area (Å²) in [6, 6.07) is 0. The first-order valence-electron chi connectivity index (χ1n) is 5.18. The number of thiol groups is 1. The molecule has 0 radical (unpaired) electrons. The van der Waals surface area contributed by atoms with Gasteiger partial charge in [-0.05, 0) is 24.5 Å². The normalized spacial score (nSPS) is 23.9. The Morgan fingerprint density at radius 3 is 2.86 bits per heavy atom. The monoisotopic (exact) mass is 233 g/mol. The first-order valence-corrected chi connectivity index (χ1v) is 6.75. The lowest BCUT2D eigenvalue weighted by Crippen LogP contribution is -2.37. The molecule has 1 N–H and O–H groups in total. The van der Waals surface area contributed by atoms with Crippen LogP contribution in [0.25, 0.3) is 0 Å². The molecule has 14 heavy (non-hydrogen) atoms. The molecule has 2 nitrogen and oxygen atoms in total. The van der Waals surface area contributed by atoms with Gasteiger partial charge in [-0.3, -0.25) is 4.79 Å². The maximum Gasteiger partial charge on any atom is 0.233 e. The zero-order chi connectivity index (χ0) is 10.6. The largest absolute Gasteiger partial charge is 0.354 e. The second-order valence-electron chi connectivity index (χ2n) is 4.07. The van der Waals surface area contributed by atoms with Gasteiger partial charge in [-0.15, -0.1) is 0 Å². The number of hydrogen-bond donors (Lipinski definition) is 2. The van der Waals surface area contributed by atoms with E-state index in [2.05, 4.69) is 17.9 Å². The molecule has 0 saturated carbocycles. The minimum absolute atomic E-state index is 0.0795. The SMILES string of the molecule is CC(C)C(S)C(=O)NCC1CCCS1. The molecule has 1 amide bonds. The van der Waals surface area contributed by atoms with Crippen molar-refractivity contribution in [3.63, 3.8) is 0 Å². The predicted octanol–water partition coefficient (Wildman–Crippen LogP) is 1.95. The summed E-state index contributed by atoms with van der Waals surface area (Å²) in [5, 5.41) is 3.44. The Hall–Kier alpha value is 0.170. The van der Waals surface area contributed by atoms with Gasteiger partial charge in [0.05, 0.1) is 5.25 Å². The van der Waals surface area contributed by atoms with Gasteiger partial charge in [0, 0.05) is 11.8 Å². The molecule has 2 atom stereocenters. The van der Waals surface area contributed by atoms with Crippen molar-refractivity contribution in [3.8, 4) is 0 Å². The fourth-order valence-electron chi connectivity index (χ4n) is 1.43. The quantitative estimate of drug-likeness (QED) is 0.727. The van der Waals surface area contributed by atoms with Crippen molar-refractivity contribution >= 4 is 30.3 Å². The summed E-state index contributed by atoms with van der Waals surface area (Å²) >= 11 is 6.24. The number of carbonyl (C=O) groups excluding carboxylic acids is 1. The summed E-state index contributed by atoms with van der Waals surface area (Å²) in [4.78, 5) is 11.5. The lowest BCUT2D eigenvalue weighted by atomic mass is 10.1. The number of thioether (sulfide) groups is 1. The van der Waals surface area contributed by atoms with Crippen molar-refractivity contribution in [2.45, 2.75) is 37.2 Å². The number of amides is 1. The molecule has 0 aromatic rings. The van der Waals surface area contributed by atoms with Crippen molar-refractivity contribution in [1.29, 1.82) is 0 Å². The highest BCUT2D eigenvalue weighted by Crippen LogP contribution is 2.25. The minimum Gasteiger partial charge on any atom is -0.354 e. The van der Waals surface area contributed by atoms with Crippen molar-refractivity contribution in [2.24, 2.45) is 5.92 Å². The van der Waals surface area contributed by atoms with Crippen LogP contribution in [0.2, 0.25) is 0 Å². The van der Waals surface area contributed by atoms with E-state index in [1.165, 1.54) is 18.6 Å². The van der Waals surface area contributed by atoms with Crippen LogP contribution in [0, 0.1) is 5.92 Å². The average molecular weight is 233 g/mol. The number of carbonyl (C=O) groups is 1. The highest BCUT2D eigenvalue weighted by Gasteiger charge is 2.20. The molecular formula is C10H19NOS2. The molecule has 2 unspecified atom stereocenters. The van der Waals surface area contributed by atoms with Gasteiger partial charge in [0.2, 0.25) is 5.91 Å². The number of rotatable bonds is 4. The Bertz CT molecular complexity index is 191. The number of nitrogens with one attached hydrogen (secondary N) is 1. The van der Waals surface area contributed by atoms with E-state index < -0.39 is 0 Å². The van der Waals surface area contributed by atoms with Crippen LogP contribution in [0.4, 0.5) is 0 Å². The third kappa shape index (κ3) is 3.73. The van der Waals surface area contributed by atoms with E-state index in [-0.39, 0.29) is 11.2 Å². The van der Waals surface area contributed by atoms with Gasteiger partial charge in [0.1, 0.15) is 0 Å². The Kier molecular flexibility index (Phi) is 5.17. The Morgan fingerprint density at radius 1 is 1.64 bits per heavy atom. The lowest BCUT2D eigenvalue weighted by Gasteiger charge is -2.16. The van der Waals surface area contributed by atoms with Crippen molar-refractivity contribution in [2.75, 3.05) is 12.3 Å². The second-order valence-corrected chi connectivity index (χ2v) is 6.03. The second kappa shape index (κ2) is 5.91. The molecule has 1 aliphatic rings. The predicted molar refractivity (Wildman–Crippen MR) is 66.1 cm³/mol. The van der Waals surface area contributed by atoms with Gasteiger partial charge in [-0.2, -0.15) is 24.4 Å². The summed E-state index contributed by atoms with van der Waals surface area (Å²) in [7, 11) is 0. The van der Waals surface area contributed by atoms with Gasteiger partial charge < -0.3 is 5.32 Å². The summed E-state index contributed by atoms with van der Waals surface area (Å²) in [5.41, 5.74) is 0. The molecule has 1 rings (SSSR count). The van der Waals surface area contributed by atoms with Crippen molar-refractivity contribution < 1.29 is 4.79 Å². The van der Waals surface area contributed by atoms with E-state index >= 15 is 0 Å². The van der Waals surface area contributed by atoms with Crippen LogP contribution in [0.1, 0.15) is 26.7 Å². The zero-order valence-corrected chi connectivity index (χ0v) is 10.5. The molecule has 1 saturated heterocycles. The van der Waals surface area contributed by atoms with E-state index in [4.69, 9.17) is 0 Å². The molecule has 1 heterocycles. The van der Waals surface area contributed by atoms with Crippen LogP contribution >= 0.6 is 24.4 Å². The van der Waals surface area contributed by atoms with Crippen LogP contribution < -0.4 is 5.32 Å². The van der Waals surface area contributed by atoms with E-state index in [1.807, 2.05) is 25.6 Å². The Balaban J connectivity index is 2.19. The van der Waals surface area contributed by atoms with Crippen LogP contribution in [0.15, 0.2) is 0 Å². The van der Waals surface area contributed by atoms with Crippen LogP contribution in [0.5, 0.6) is 0 Å². The van der Waals surface area contributed by atoms with Gasteiger partial charge in [-0.1, -0.05) is 13.8 Å². The topological polar surface area (TPSA) is 29.1 Å². The first kappa shape index (κ1) is 12.2. The molecule has 0 bridgehead atoms. The van der Waals surface area contributed by atoms with Crippen molar-refractivity contribution in [1.82, 2.24) is 5.32 Å². The van der Waals surface area contributed by atoms with E-state index in [9.17, 15) is 4.79 Å². The zero-order valence-electron chi connectivity index (χ0n) is 8.82. The summed E-state index contributed by atoms with van der Waals surface area (Å²) in [6.07, 6.45) is 2.53. The maximum absolute atomic E-state index is 11.5. The third-order valence-electron chi connectivity index (χ3n) is 2.43. The average Bonchev–Trinajstić information content (AvgIpc) is 2.65. The van der Waals surface area contributed by atoms with Gasteiger partial charge in [0.25, 0.3) is 0 Å². The van der Waals surface area contributed by atoms with E-state index in [0.29, 0.717) is 11.2 Å². The van der Waals surface area contributed by atoms with Crippen LogP contribution in [0.3, 0.4) is 0 Å². The van der Waals surface area contributed by atoms with E-state index in [0.717, 1.165) is 6.54 Å². The summed E-state index contributed by atoms with van der Waals surface area (Å²) in [5.74, 6) is 1.63. The molecular weight excluding hydrogens is 214 g/mol. The molecule has 4 heteroatoms. The smallest absolute Gasteiger partial charge is 0.233 e. The van der Waals surface area contributed by atoms with Crippen LogP contribution in [-0.4, -0.2) is 28.7 Å². The standard InChI is InChI=1S/C10H19NOS2/c1-7(2)9(13)10(12)11-6-8-4-3-5-14-8/h7-9,13H,3-6H2,1-2H3,(H,11,12). The summed E-state index contributed by atoms with van der Waals surface area (Å²) < 4.78 is 0. The highest BCUT2D eigenvalue weighted by molar-refractivity contribution is 8.00. The van der Waals surface area contributed by atoms with Gasteiger partial charge in [-0.25, -0.2) is 0 Å². The molecule has 0 aliphatic carbocycles. The fourth-order valence-corrected chi connectivity index (χ4v) is 2.72. The Labute approximate surface area is 96.0 Å². The molecule has 0 spiro atoms. The van der Waals surface area contributed by atoms with Gasteiger partial charge >= 0.3 is 0 Å². The Morgan fingerprint density at radius 2 is 2.36 bits per heavy atom. The minimum atomic E-state index is -0.165. The fraction of sp³-hybridized carbons (Fsp3) is 0.900. The van der Waals surface area contributed by atoms with Crippen molar-refractivity contribution in [3.05, 3.63) is 0 Å².